The van der Waals surface area contributed by atoms with E-state index < -0.39 is 5.60 Å². The average Bonchev–Trinajstić information content (AvgIpc) is 2.22. The third kappa shape index (κ3) is 9.46. The van der Waals surface area contributed by atoms with E-state index in [-0.39, 0.29) is 18.5 Å². The molecule has 0 heterocycles. The van der Waals surface area contributed by atoms with Gasteiger partial charge >= 0.3 is 5.97 Å². The Hall–Kier alpha value is -0.570. The summed E-state index contributed by atoms with van der Waals surface area (Å²) in [6.07, 6.45) is 4.80. The van der Waals surface area contributed by atoms with Crippen molar-refractivity contribution < 1.29 is 14.6 Å². The highest BCUT2D eigenvalue weighted by Gasteiger charge is 2.21. The Morgan fingerprint density at radius 2 is 1.94 bits per heavy atom. The maximum Gasteiger partial charge on any atom is 0.306 e. The molecule has 0 amide bonds. The zero-order chi connectivity index (χ0) is 14.2. The van der Waals surface area contributed by atoms with E-state index in [2.05, 4.69) is 13.8 Å². The van der Waals surface area contributed by atoms with Crippen molar-refractivity contribution in [2.24, 2.45) is 11.8 Å². The Labute approximate surface area is 112 Å². The molecule has 2 atom stereocenters. The SMILES string of the molecule is CCCC[C@H](C)C[C@H](CO)CC(=O)OC(C)(C)C. The van der Waals surface area contributed by atoms with Crippen LogP contribution in [-0.2, 0) is 9.53 Å². The fraction of sp³-hybridized carbons (Fsp3) is 0.933. The minimum absolute atomic E-state index is 0.0340. The lowest BCUT2D eigenvalue weighted by Crippen LogP contribution is -2.26. The fourth-order valence-corrected chi connectivity index (χ4v) is 2.08. The van der Waals surface area contributed by atoms with Crippen molar-refractivity contribution >= 4 is 5.97 Å². The summed E-state index contributed by atoms with van der Waals surface area (Å²) in [5.74, 6) is 0.389. The second kappa shape index (κ2) is 8.52. The Balaban J connectivity index is 4.06. The van der Waals surface area contributed by atoms with E-state index in [1.165, 1.54) is 19.3 Å². The van der Waals surface area contributed by atoms with Crippen LogP contribution in [-0.4, -0.2) is 23.3 Å². The molecule has 3 nitrogen and oxygen atoms in total. The van der Waals surface area contributed by atoms with E-state index in [1.54, 1.807) is 0 Å². The molecule has 0 saturated carbocycles. The van der Waals surface area contributed by atoms with Crippen LogP contribution in [0.15, 0.2) is 0 Å². The Kier molecular flexibility index (Phi) is 8.25. The monoisotopic (exact) mass is 258 g/mol. The normalized spacial score (nSPS) is 15.2. The van der Waals surface area contributed by atoms with Gasteiger partial charge < -0.3 is 9.84 Å². The molecular weight excluding hydrogens is 228 g/mol. The van der Waals surface area contributed by atoms with Crippen molar-refractivity contribution in [1.82, 2.24) is 0 Å². The number of esters is 1. The average molecular weight is 258 g/mol. The molecule has 0 aromatic carbocycles. The van der Waals surface area contributed by atoms with Crippen molar-refractivity contribution in [3.05, 3.63) is 0 Å². The van der Waals surface area contributed by atoms with Gasteiger partial charge in [-0.3, -0.25) is 4.79 Å². The van der Waals surface area contributed by atoms with Gasteiger partial charge in [-0.05, 0) is 39.0 Å². The fourth-order valence-electron chi connectivity index (χ4n) is 2.08. The van der Waals surface area contributed by atoms with Crippen molar-refractivity contribution in [3.8, 4) is 0 Å². The second-order valence-electron chi connectivity index (χ2n) is 6.32. The standard InChI is InChI=1S/C15H30O3/c1-6-7-8-12(2)9-13(11-16)10-14(17)18-15(3,4)5/h12-13,16H,6-11H2,1-5H3/t12-,13-/m0/s1. The molecule has 18 heavy (non-hydrogen) atoms. The van der Waals surface area contributed by atoms with Crippen LogP contribution in [0, 0.1) is 11.8 Å². The molecule has 0 rings (SSSR count). The van der Waals surface area contributed by atoms with Crippen molar-refractivity contribution in [3.63, 3.8) is 0 Å². The highest BCUT2D eigenvalue weighted by Crippen LogP contribution is 2.21. The van der Waals surface area contributed by atoms with Crippen molar-refractivity contribution in [2.75, 3.05) is 6.61 Å². The maximum atomic E-state index is 11.7. The second-order valence-corrected chi connectivity index (χ2v) is 6.32. The first-order chi connectivity index (χ1) is 8.28. The van der Waals surface area contributed by atoms with Crippen LogP contribution in [0.25, 0.3) is 0 Å². The molecule has 0 spiro atoms. The third-order valence-electron chi connectivity index (χ3n) is 2.92. The molecule has 3 heteroatoms. The molecule has 0 unspecified atom stereocenters. The van der Waals surface area contributed by atoms with Crippen LogP contribution in [0.5, 0.6) is 0 Å². The first-order valence-electron chi connectivity index (χ1n) is 7.11. The molecular formula is C15H30O3. The summed E-state index contributed by atoms with van der Waals surface area (Å²) >= 11 is 0. The van der Waals surface area contributed by atoms with Gasteiger partial charge in [-0.1, -0.05) is 33.1 Å². The van der Waals surface area contributed by atoms with Gasteiger partial charge in [-0.15, -0.1) is 0 Å². The van der Waals surface area contributed by atoms with Crippen LogP contribution in [0.4, 0.5) is 0 Å². The Bertz CT molecular complexity index is 230. The van der Waals surface area contributed by atoms with Gasteiger partial charge in [0.05, 0.1) is 6.42 Å². The first-order valence-corrected chi connectivity index (χ1v) is 7.11. The minimum Gasteiger partial charge on any atom is -0.460 e. The molecule has 0 saturated heterocycles. The molecule has 0 aliphatic carbocycles. The van der Waals surface area contributed by atoms with Gasteiger partial charge in [0.25, 0.3) is 0 Å². The van der Waals surface area contributed by atoms with E-state index >= 15 is 0 Å². The maximum absolute atomic E-state index is 11.7. The van der Waals surface area contributed by atoms with E-state index in [9.17, 15) is 9.90 Å². The van der Waals surface area contributed by atoms with Crippen LogP contribution >= 0.6 is 0 Å². The minimum atomic E-state index is -0.440. The van der Waals surface area contributed by atoms with Gasteiger partial charge in [0.15, 0.2) is 0 Å². The van der Waals surface area contributed by atoms with Crippen LogP contribution in [0.2, 0.25) is 0 Å². The summed E-state index contributed by atoms with van der Waals surface area (Å²) in [5.41, 5.74) is -0.440. The highest BCUT2D eigenvalue weighted by atomic mass is 16.6. The number of ether oxygens (including phenoxy) is 1. The lowest BCUT2D eigenvalue weighted by molar-refractivity contribution is -0.156. The van der Waals surface area contributed by atoms with Crippen LogP contribution in [0.1, 0.15) is 66.7 Å². The number of aliphatic hydroxyl groups is 1. The highest BCUT2D eigenvalue weighted by molar-refractivity contribution is 5.70. The number of rotatable bonds is 8. The van der Waals surface area contributed by atoms with Crippen molar-refractivity contribution in [2.45, 2.75) is 72.3 Å². The smallest absolute Gasteiger partial charge is 0.306 e. The number of carbonyl (C=O) groups is 1. The van der Waals surface area contributed by atoms with Gasteiger partial charge in [-0.2, -0.15) is 0 Å². The predicted octanol–water partition coefficient (Wildman–Crippen LogP) is 3.54. The molecule has 0 aromatic rings. The summed E-state index contributed by atoms with van der Waals surface area (Å²) < 4.78 is 5.28. The number of carbonyl (C=O) groups excluding carboxylic acids is 1. The van der Waals surface area contributed by atoms with Crippen LogP contribution < -0.4 is 0 Å². The van der Waals surface area contributed by atoms with Gasteiger partial charge in [0, 0.05) is 6.61 Å². The number of hydrogen-bond acceptors (Lipinski definition) is 3. The number of aliphatic hydroxyl groups excluding tert-OH is 1. The Morgan fingerprint density at radius 3 is 2.39 bits per heavy atom. The molecule has 0 fully saturated rings. The Morgan fingerprint density at radius 1 is 1.33 bits per heavy atom. The lowest BCUT2D eigenvalue weighted by Gasteiger charge is -2.23. The number of unbranched alkanes of at least 4 members (excludes halogenated alkanes) is 1. The summed E-state index contributed by atoms with van der Waals surface area (Å²) in [5, 5.41) is 9.34. The van der Waals surface area contributed by atoms with Gasteiger partial charge in [-0.25, -0.2) is 0 Å². The summed E-state index contributed by atoms with van der Waals surface area (Å²) in [4.78, 5) is 11.7. The van der Waals surface area contributed by atoms with E-state index in [0.29, 0.717) is 12.3 Å². The zero-order valence-electron chi connectivity index (χ0n) is 12.7. The molecule has 0 aliphatic rings. The summed E-state index contributed by atoms with van der Waals surface area (Å²) in [6, 6.07) is 0. The molecule has 0 aliphatic heterocycles. The molecule has 0 radical (unpaired) electrons. The van der Waals surface area contributed by atoms with Gasteiger partial charge in [0.2, 0.25) is 0 Å². The molecule has 1 N–H and O–H groups in total. The van der Waals surface area contributed by atoms with E-state index in [1.807, 2.05) is 20.8 Å². The van der Waals surface area contributed by atoms with Crippen molar-refractivity contribution in [1.29, 1.82) is 0 Å². The predicted molar refractivity (Wildman–Crippen MR) is 74.3 cm³/mol. The summed E-state index contributed by atoms with van der Waals surface area (Å²) in [6.45, 7) is 10.0. The molecule has 0 aromatic heterocycles. The topological polar surface area (TPSA) is 46.5 Å². The third-order valence-corrected chi connectivity index (χ3v) is 2.92. The zero-order valence-corrected chi connectivity index (χ0v) is 12.7. The van der Waals surface area contributed by atoms with Gasteiger partial charge in [0.1, 0.15) is 5.60 Å². The largest absolute Gasteiger partial charge is 0.460 e. The lowest BCUT2D eigenvalue weighted by atomic mass is 9.90. The first kappa shape index (κ1) is 17.4. The molecule has 108 valence electrons. The van der Waals surface area contributed by atoms with Crippen LogP contribution in [0.3, 0.4) is 0 Å². The number of hydrogen-bond donors (Lipinski definition) is 1. The van der Waals surface area contributed by atoms with E-state index in [4.69, 9.17) is 4.74 Å². The quantitative estimate of drug-likeness (QED) is 0.677. The van der Waals surface area contributed by atoms with E-state index in [0.717, 1.165) is 6.42 Å². The summed E-state index contributed by atoms with van der Waals surface area (Å²) in [7, 11) is 0. The molecule has 0 bridgehead atoms.